The van der Waals surface area contributed by atoms with E-state index in [1.165, 1.54) is 0 Å². The number of hydrogen-bond donors (Lipinski definition) is 1. The molecule has 0 saturated carbocycles. The minimum atomic E-state index is -0.758. The zero-order chi connectivity index (χ0) is 16.4. The summed E-state index contributed by atoms with van der Waals surface area (Å²) in [5, 5.41) is 9.32. The molecule has 1 fully saturated rings. The number of carbonyl (C=O) groups excluding carboxylic acids is 1. The van der Waals surface area contributed by atoms with Gasteiger partial charge in [0.2, 0.25) is 5.91 Å². The van der Waals surface area contributed by atoms with Gasteiger partial charge in [0.25, 0.3) is 0 Å². The van der Waals surface area contributed by atoms with Crippen LogP contribution in [0.3, 0.4) is 0 Å². The number of benzene rings is 1. The molecule has 1 aromatic rings. The fourth-order valence-corrected chi connectivity index (χ4v) is 6.99. The van der Waals surface area contributed by atoms with Crippen LogP contribution in [-0.2, 0) is 16.0 Å². The molecule has 2 rings (SSSR count). The van der Waals surface area contributed by atoms with Crippen molar-refractivity contribution in [1.82, 2.24) is 0 Å². The fraction of sp³-hybridized carbons (Fsp3) is 0.467. The zero-order valence-corrected chi connectivity index (χ0v) is 18.5. The molecule has 7 heteroatoms. The molecule has 1 amide bonds. The molecule has 0 bridgehead atoms. The van der Waals surface area contributed by atoms with Gasteiger partial charge in [0.1, 0.15) is 0 Å². The van der Waals surface area contributed by atoms with E-state index in [0.29, 0.717) is 19.3 Å². The second kappa shape index (κ2) is 7.95. The van der Waals surface area contributed by atoms with E-state index in [1.807, 2.05) is 17.9 Å². The highest BCUT2D eigenvalue weighted by Crippen LogP contribution is 2.37. The van der Waals surface area contributed by atoms with Crippen molar-refractivity contribution in [3.05, 3.63) is 22.3 Å². The van der Waals surface area contributed by atoms with Gasteiger partial charge in [-0.15, -0.1) is 0 Å². The van der Waals surface area contributed by atoms with Crippen LogP contribution in [0.5, 0.6) is 0 Å². The monoisotopic (exact) mass is 639 g/mol. The lowest BCUT2D eigenvalue weighted by Crippen LogP contribution is -2.27. The summed E-state index contributed by atoms with van der Waals surface area (Å²) in [6, 6.07) is 2.05. The Morgan fingerprint density at radius 3 is 2.55 bits per heavy atom. The molecule has 22 heavy (non-hydrogen) atoms. The van der Waals surface area contributed by atoms with E-state index >= 15 is 0 Å². The van der Waals surface area contributed by atoms with Crippen molar-refractivity contribution in [2.24, 2.45) is 5.92 Å². The molecule has 1 saturated heterocycles. The first-order valence-electron chi connectivity index (χ1n) is 7.06. The average Bonchev–Trinajstić information content (AvgIpc) is 2.84. The van der Waals surface area contributed by atoms with Gasteiger partial charge in [0, 0.05) is 23.7 Å². The summed E-state index contributed by atoms with van der Waals surface area (Å²) in [5.41, 5.74) is 2.00. The number of carboxylic acids is 1. The Morgan fingerprint density at radius 1 is 1.36 bits per heavy atom. The molecule has 1 atom stereocenters. The van der Waals surface area contributed by atoms with Gasteiger partial charge in [0.15, 0.2) is 0 Å². The number of nitrogens with zero attached hydrogens (tertiary/aromatic N) is 1. The highest BCUT2D eigenvalue weighted by molar-refractivity contribution is 14.1. The molecule has 1 aliphatic heterocycles. The van der Waals surface area contributed by atoms with Crippen LogP contribution in [0.1, 0.15) is 31.7 Å². The summed E-state index contributed by atoms with van der Waals surface area (Å²) >= 11 is 6.80. The van der Waals surface area contributed by atoms with E-state index in [2.05, 4.69) is 67.8 Å². The minimum Gasteiger partial charge on any atom is -0.481 e. The number of rotatable bonds is 5. The molecule has 0 aliphatic carbocycles. The van der Waals surface area contributed by atoms with E-state index < -0.39 is 5.97 Å². The van der Waals surface area contributed by atoms with Gasteiger partial charge in [-0.05, 0) is 98.7 Å². The predicted molar refractivity (Wildman–Crippen MR) is 111 cm³/mol. The van der Waals surface area contributed by atoms with E-state index in [0.717, 1.165) is 34.9 Å². The fourth-order valence-electron chi connectivity index (χ4n) is 2.59. The van der Waals surface area contributed by atoms with Crippen LogP contribution in [0, 0.1) is 16.6 Å². The maximum atomic E-state index is 12.1. The van der Waals surface area contributed by atoms with Gasteiger partial charge < -0.3 is 10.0 Å². The number of halogens is 3. The third kappa shape index (κ3) is 3.87. The van der Waals surface area contributed by atoms with Crippen molar-refractivity contribution in [3.8, 4) is 0 Å². The number of aliphatic carboxylic acids is 1. The number of hydrogen-bond acceptors (Lipinski definition) is 2. The lowest BCUT2D eigenvalue weighted by atomic mass is 9.96. The van der Waals surface area contributed by atoms with Crippen LogP contribution in [0.15, 0.2) is 6.07 Å². The van der Waals surface area contributed by atoms with Gasteiger partial charge in [-0.2, -0.15) is 0 Å². The second-order valence-electron chi connectivity index (χ2n) is 5.28. The Balaban J connectivity index is 2.47. The van der Waals surface area contributed by atoms with Crippen molar-refractivity contribution in [1.29, 1.82) is 0 Å². The van der Waals surface area contributed by atoms with Crippen molar-refractivity contribution in [3.63, 3.8) is 0 Å². The number of carbonyl (C=O) groups is 2. The quantitative estimate of drug-likeness (QED) is 0.490. The molecule has 4 nitrogen and oxygen atoms in total. The summed E-state index contributed by atoms with van der Waals surface area (Å²) in [5.74, 6) is -0.982. The largest absolute Gasteiger partial charge is 0.481 e. The number of anilines is 1. The van der Waals surface area contributed by atoms with E-state index in [9.17, 15) is 14.7 Å². The van der Waals surface area contributed by atoms with Crippen molar-refractivity contribution in [2.45, 2.75) is 32.6 Å². The molecule has 0 unspecified atom stereocenters. The van der Waals surface area contributed by atoms with Crippen LogP contribution in [0.4, 0.5) is 5.69 Å². The molecule has 0 radical (unpaired) electrons. The van der Waals surface area contributed by atoms with Crippen LogP contribution in [-0.4, -0.2) is 23.5 Å². The van der Waals surface area contributed by atoms with Crippen molar-refractivity contribution >= 4 is 85.3 Å². The Kier molecular flexibility index (Phi) is 6.75. The minimum absolute atomic E-state index is 0.160. The third-order valence-electron chi connectivity index (χ3n) is 3.88. The van der Waals surface area contributed by atoms with Crippen molar-refractivity contribution in [2.75, 3.05) is 11.4 Å². The smallest absolute Gasteiger partial charge is 0.306 e. The van der Waals surface area contributed by atoms with Gasteiger partial charge in [-0.1, -0.05) is 6.92 Å². The summed E-state index contributed by atoms with van der Waals surface area (Å²) in [6.07, 6.45) is 2.60. The highest BCUT2D eigenvalue weighted by atomic mass is 127. The first kappa shape index (κ1) is 18.7. The molecule has 0 spiro atoms. The van der Waals surface area contributed by atoms with Crippen LogP contribution >= 0.6 is 67.8 Å². The lowest BCUT2D eigenvalue weighted by Gasteiger charge is -2.23. The summed E-state index contributed by atoms with van der Waals surface area (Å²) < 4.78 is 3.14. The molecule has 0 aromatic heterocycles. The van der Waals surface area contributed by atoms with Gasteiger partial charge in [-0.3, -0.25) is 9.59 Å². The Morgan fingerprint density at radius 2 is 2.05 bits per heavy atom. The molecule has 1 heterocycles. The normalized spacial score (nSPS) is 16.2. The predicted octanol–water partition coefficient (Wildman–Crippen LogP) is 4.28. The van der Waals surface area contributed by atoms with Crippen molar-refractivity contribution < 1.29 is 14.7 Å². The topological polar surface area (TPSA) is 57.6 Å². The van der Waals surface area contributed by atoms with Crippen LogP contribution in [0.25, 0.3) is 0 Å². The second-order valence-corrected chi connectivity index (χ2v) is 8.68. The molecular weight excluding hydrogens is 623 g/mol. The summed E-state index contributed by atoms with van der Waals surface area (Å²) in [4.78, 5) is 25.3. The Hall–Kier alpha value is 0.350. The third-order valence-corrected chi connectivity index (χ3v) is 6.82. The average molecular weight is 639 g/mol. The lowest BCUT2D eigenvalue weighted by molar-refractivity contribution is -0.141. The first-order chi connectivity index (χ1) is 10.4. The molecule has 120 valence electrons. The van der Waals surface area contributed by atoms with Gasteiger partial charge in [0.05, 0.1) is 11.6 Å². The van der Waals surface area contributed by atoms with E-state index in [-0.39, 0.29) is 11.8 Å². The van der Waals surface area contributed by atoms with E-state index in [4.69, 9.17) is 0 Å². The first-order valence-corrected chi connectivity index (χ1v) is 10.3. The molecule has 1 aliphatic rings. The highest BCUT2D eigenvalue weighted by Gasteiger charge is 2.28. The molecule has 1 aromatic carbocycles. The maximum Gasteiger partial charge on any atom is 0.306 e. The maximum absolute atomic E-state index is 12.1. The van der Waals surface area contributed by atoms with E-state index in [1.54, 1.807) is 0 Å². The van der Waals surface area contributed by atoms with Crippen LogP contribution in [0.2, 0.25) is 0 Å². The van der Waals surface area contributed by atoms with Gasteiger partial charge >= 0.3 is 5.97 Å². The Bertz CT molecular complexity index is 619. The Labute approximate surface area is 170 Å². The standard InChI is InChI=1S/C15H16I3NO3/c1-2-8(15(21)22)6-9-10(16)7-11(17)14(13(9)18)19-5-3-4-12(19)20/h7-8H,2-6H2,1H3,(H,21,22)/t8-/m1/s1. The molecule has 1 N–H and O–H groups in total. The van der Waals surface area contributed by atoms with Crippen LogP contribution < -0.4 is 4.90 Å². The zero-order valence-electron chi connectivity index (χ0n) is 12.0. The molecular formula is C15H16I3NO3. The van der Waals surface area contributed by atoms with Gasteiger partial charge in [-0.25, -0.2) is 0 Å². The number of amides is 1. The SMILES string of the molecule is CC[C@H](Cc1c(I)cc(I)c(N2CCCC2=O)c1I)C(=O)O. The summed E-state index contributed by atoms with van der Waals surface area (Å²) in [7, 11) is 0. The number of carboxylic acid groups (broad SMARTS) is 1. The summed E-state index contributed by atoms with van der Waals surface area (Å²) in [6.45, 7) is 2.65.